The van der Waals surface area contributed by atoms with Crippen molar-refractivity contribution < 1.29 is 14.7 Å². The number of carbonyl (C=O) groups is 2. The van der Waals surface area contributed by atoms with Crippen LogP contribution in [-0.4, -0.2) is 48.6 Å². The first-order valence-corrected chi connectivity index (χ1v) is 7.46. The van der Waals surface area contributed by atoms with Gasteiger partial charge in [-0.15, -0.1) is 0 Å². The third-order valence-corrected chi connectivity index (χ3v) is 3.91. The second-order valence-electron chi connectivity index (χ2n) is 4.97. The van der Waals surface area contributed by atoms with Crippen LogP contribution in [0.5, 0.6) is 0 Å². The van der Waals surface area contributed by atoms with Gasteiger partial charge in [-0.25, -0.2) is 4.79 Å². The number of nitrogens with zero attached hydrogens (tertiary/aromatic N) is 2. The Hall–Kier alpha value is -1.82. The summed E-state index contributed by atoms with van der Waals surface area (Å²) in [6.07, 6.45) is 3.55. The third kappa shape index (κ3) is 4.07. The van der Waals surface area contributed by atoms with Crippen molar-refractivity contribution in [3.05, 3.63) is 34.3 Å². The number of hydrogen-bond donors (Lipinski definition) is 1. The number of rotatable bonds is 3. The Morgan fingerprint density at radius 3 is 2.86 bits per heavy atom. The minimum Gasteiger partial charge on any atom is -0.478 e. The molecule has 0 spiro atoms. The zero-order valence-corrected chi connectivity index (χ0v) is 13.3. The Morgan fingerprint density at radius 1 is 1.38 bits per heavy atom. The first kappa shape index (κ1) is 15.6. The highest BCUT2D eigenvalue weighted by atomic mass is 79.9. The van der Waals surface area contributed by atoms with Gasteiger partial charge in [0.25, 0.3) is 0 Å². The molecule has 0 aliphatic carbocycles. The lowest BCUT2D eigenvalue weighted by molar-refractivity contribution is -0.131. The van der Waals surface area contributed by atoms with Crippen LogP contribution in [0.1, 0.15) is 12.0 Å². The summed E-state index contributed by atoms with van der Waals surface area (Å²) in [5.41, 5.74) is 1.66. The standard InChI is InChI=1S/C15H17BrN2O3/c1-17-7-2-8-18(10-14(17)19)13-9-12(16)5-3-11(13)4-6-15(20)21/h3-6,9H,2,7-8,10H2,1H3,(H,20,21)/b6-4+. The molecule has 0 saturated carbocycles. The highest BCUT2D eigenvalue weighted by Crippen LogP contribution is 2.27. The molecule has 0 aromatic heterocycles. The number of aliphatic carboxylic acids is 1. The highest BCUT2D eigenvalue weighted by molar-refractivity contribution is 9.10. The van der Waals surface area contributed by atoms with Crippen LogP contribution in [0.15, 0.2) is 28.7 Å². The smallest absolute Gasteiger partial charge is 0.328 e. The molecule has 1 aliphatic rings. The molecule has 1 saturated heterocycles. The number of carboxylic acid groups (broad SMARTS) is 1. The summed E-state index contributed by atoms with van der Waals surface area (Å²) in [5.74, 6) is -0.920. The van der Waals surface area contributed by atoms with Crippen LogP contribution >= 0.6 is 15.9 Å². The lowest BCUT2D eigenvalue weighted by atomic mass is 10.1. The predicted octanol–water partition coefficient (Wildman–Crippen LogP) is 2.22. The van der Waals surface area contributed by atoms with Gasteiger partial charge in [-0.2, -0.15) is 0 Å². The Labute approximate surface area is 132 Å². The van der Waals surface area contributed by atoms with Crippen LogP contribution in [0.25, 0.3) is 6.08 Å². The average molecular weight is 353 g/mol. The number of carbonyl (C=O) groups excluding carboxylic acids is 1. The number of hydrogen-bond acceptors (Lipinski definition) is 3. The Balaban J connectivity index is 2.34. The van der Waals surface area contributed by atoms with E-state index >= 15 is 0 Å². The van der Waals surface area contributed by atoms with Crippen LogP contribution in [0.2, 0.25) is 0 Å². The molecule has 112 valence electrons. The fourth-order valence-electron chi connectivity index (χ4n) is 2.28. The van der Waals surface area contributed by atoms with Gasteiger partial charge in [0.15, 0.2) is 0 Å². The molecule has 21 heavy (non-hydrogen) atoms. The molecular weight excluding hydrogens is 336 g/mol. The summed E-state index contributed by atoms with van der Waals surface area (Å²) in [6, 6.07) is 5.62. The van der Waals surface area contributed by atoms with Gasteiger partial charge in [0, 0.05) is 36.4 Å². The Bertz CT molecular complexity index is 586. The molecule has 1 fully saturated rings. The monoisotopic (exact) mass is 352 g/mol. The molecule has 1 amide bonds. The lowest BCUT2D eigenvalue weighted by Gasteiger charge is -2.24. The molecule has 1 aromatic rings. The SMILES string of the molecule is CN1CCCN(c2cc(Br)ccc2/C=C/C(=O)O)CC1=O. The zero-order valence-electron chi connectivity index (χ0n) is 11.8. The van der Waals surface area contributed by atoms with Gasteiger partial charge in [0.2, 0.25) is 5.91 Å². The van der Waals surface area contributed by atoms with E-state index in [1.165, 1.54) is 0 Å². The van der Waals surface area contributed by atoms with Crippen LogP contribution in [0.4, 0.5) is 5.69 Å². The van der Waals surface area contributed by atoms with Crippen LogP contribution < -0.4 is 4.90 Å². The van der Waals surface area contributed by atoms with Gasteiger partial charge in [-0.1, -0.05) is 22.0 Å². The molecule has 6 heteroatoms. The molecule has 1 N–H and O–H groups in total. The largest absolute Gasteiger partial charge is 0.478 e. The summed E-state index contributed by atoms with van der Waals surface area (Å²) >= 11 is 3.43. The van der Waals surface area contributed by atoms with E-state index in [1.54, 1.807) is 18.0 Å². The fraction of sp³-hybridized carbons (Fsp3) is 0.333. The van der Waals surface area contributed by atoms with E-state index in [2.05, 4.69) is 15.9 Å². The first-order valence-electron chi connectivity index (χ1n) is 6.67. The molecule has 1 heterocycles. The predicted molar refractivity (Wildman–Crippen MR) is 85.3 cm³/mol. The molecule has 1 aromatic carbocycles. The zero-order chi connectivity index (χ0) is 15.4. The molecule has 0 radical (unpaired) electrons. The van der Waals surface area contributed by atoms with Gasteiger partial charge >= 0.3 is 5.97 Å². The number of amides is 1. The molecular formula is C15H17BrN2O3. The summed E-state index contributed by atoms with van der Waals surface area (Å²) in [4.78, 5) is 26.5. The quantitative estimate of drug-likeness (QED) is 0.847. The molecule has 0 bridgehead atoms. The van der Waals surface area contributed by atoms with Gasteiger partial charge in [-0.3, -0.25) is 4.79 Å². The number of halogens is 1. The fourth-order valence-corrected chi connectivity index (χ4v) is 2.63. The van der Waals surface area contributed by atoms with E-state index in [9.17, 15) is 9.59 Å². The number of carboxylic acids is 1. The van der Waals surface area contributed by atoms with E-state index in [4.69, 9.17) is 5.11 Å². The lowest BCUT2D eigenvalue weighted by Crippen LogP contribution is -2.34. The van der Waals surface area contributed by atoms with Crippen LogP contribution in [-0.2, 0) is 9.59 Å². The second-order valence-corrected chi connectivity index (χ2v) is 5.88. The molecule has 0 unspecified atom stereocenters. The summed E-state index contributed by atoms with van der Waals surface area (Å²) in [5, 5.41) is 8.78. The van der Waals surface area contributed by atoms with Gasteiger partial charge in [0.1, 0.15) is 0 Å². The third-order valence-electron chi connectivity index (χ3n) is 3.41. The summed E-state index contributed by atoms with van der Waals surface area (Å²) in [7, 11) is 1.80. The van der Waals surface area contributed by atoms with Crippen molar-refractivity contribution in [2.24, 2.45) is 0 Å². The van der Waals surface area contributed by atoms with E-state index in [1.807, 2.05) is 23.1 Å². The van der Waals surface area contributed by atoms with Crippen molar-refractivity contribution in [3.8, 4) is 0 Å². The van der Waals surface area contributed by atoms with Crippen molar-refractivity contribution in [1.29, 1.82) is 0 Å². The topological polar surface area (TPSA) is 60.9 Å². The van der Waals surface area contributed by atoms with Crippen LogP contribution in [0.3, 0.4) is 0 Å². The maximum atomic E-state index is 12.0. The highest BCUT2D eigenvalue weighted by Gasteiger charge is 2.20. The summed E-state index contributed by atoms with van der Waals surface area (Å²) in [6.45, 7) is 1.81. The summed E-state index contributed by atoms with van der Waals surface area (Å²) < 4.78 is 0.898. The Kier molecular flexibility index (Phi) is 5.01. The maximum absolute atomic E-state index is 12.0. The van der Waals surface area contributed by atoms with E-state index < -0.39 is 5.97 Å². The molecule has 5 nitrogen and oxygen atoms in total. The van der Waals surface area contributed by atoms with Gasteiger partial charge in [-0.05, 0) is 30.2 Å². The maximum Gasteiger partial charge on any atom is 0.328 e. The number of likely N-dealkylation sites (N-methyl/N-ethyl adjacent to an activating group) is 1. The normalized spacial score (nSPS) is 16.4. The first-order chi connectivity index (χ1) is 9.97. The van der Waals surface area contributed by atoms with E-state index in [-0.39, 0.29) is 5.91 Å². The van der Waals surface area contributed by atoms with Crippen molar-refractivity contribution >= 4 is 39.6 Å². The second kappa shape index (κ2) is 6.76. The minimum atomic E-state index is -0.990. The average Bonchev–Trinajstić information content (AvgIpc) is 2.59. The van der Waals surface area contributed by atoms with Crippen LogP contribution in [0, 0.1) is 0 Å². The number of benzene rings is 1. The molecule has 1 aliphatic heterocycles. The van der Waals surface area contributed by atoms with Crippen molar-refractivity contribution in [1.82, 2.24) is 4.90 Å². The van der Waals surface area contributed by atoms with Crippen molar-refractivity contribution in [3.63, 3.8) is 0 Å². The minimum absolute atomic E-state index is 0.0700. The van der Waals surface area contributed by atoms with Gasteiger partial charge in [0.05, 0.1) is 6.54 Å². The van der Waals surface area contributed by atoms with E-state index in [0.717, 1.165) is 41.3 Å². The van der Waals surface area contributed by atoms with Gasteiger partial charge < -0.3 is 14.9 Å². The van der Waals surface area contributed by atoms with E-state index in [0.29, 0.717) is 6.54 Å². The van der Waals surface area contributed by atoms with Crippen molar-refractivity contribution in [2.75, 3.05) is 31.6 Å². The van der Waals surface area contributed by atoms with Crippen molar-refractivity contribution in [2.45, 2.75) is 6.42 Å². The number of anilines is 1. The molecule has 2 rings (SSSR count). The Morgan fingerprint density at radius 2 is 2.14 bits per heavy atom. The molecule has 0 atom stereocenters.